The Bertz CT molecular complexity index is 875. The minimum atomic E-state index is -0.595. The number of benzene rings is 2. The van der Waals surface area contributed by atoms with Crippen molar-refractivity contribution in [2.75, 3.05) is 26.2 Å². The number of aryl methyl sites for hydroxylation is 1. The van der Waals surface area contributed by atoms with Gasteiger partial charge in [-0.05, 0) is 66.5 Å². The molecule has 28 heavy (non-hydrogen) atoms. The van der Waals surface area contributed by atoms with Gasteiger partial charge in [-0.25, -0.2) is 0 Å². The molecule has 1 aliphatic heterocycles. The second-order valence-corrected chi connectivity index (χ2v) is 9.34. The van der Waals surface area contributed by atoms with Gasteiger partial charge in [-0.15, -0.1) is 0 Å². The fourth-order valence-corrected chi connectivity index (χ4v) is 5.08. The Morgan fingerprint density at radius 1 is 1.11 bits per heavy atom. The molecular weight excluding hydrogens is 482 g/mol. The first-order valence-electron chi connectivity index (χ1n) is 9.75. The van der Waals surface area contributed by atoms with E-state index in [4.69, 9.17) is 4.74 Å². The number of nitrogens with zero attached hydrogens (tertiary/aromatic N) is 1. The molecule has 1 heterocycles. The van der Waals surface area contributed by atoms with Crippen molar-refractivity contribution >= 4 is 37.6 Å². The number of halogens is 2. The maximum atomic E-state index is 13.8. The van der Waals surface area contributed by atoms with Crippen LogP contribution < -0.4 is 4.74 Å². The number of Topliss-reactive ketones (excluding diaryl/α,β-unsaturated/α-hetero) is 1. The van der Waals surface area contributed by atoms with Crippen LogP contribution in [-0.2, 0) is 6.42 Å². The molecule has 0 saturated carbocycles. The molecular formula is C23H27Br2NO2. The number of carbonyl (C=O) groups excluding carboxylic acids is 1. The Morgan fingerprint density at radius 2 is 1.75 bits per heavy atom. The smallest absolute Gasteiger partial charge is 0.177 e. The largest absolute Gasteiger partial charge is 0.491 e. The van der Waals surface area contributed by atoms with Gasteiger partial charge >= 0.3 is 0 Å². The van der Waals surface area contributed by atoms with Crippen molar-refractivity contribution < 1.29 is 9.53 Å². The number of carbonyl (C=O) groups is 1. The summed E-state index contributed by atoms with van der Waals surface area (Å²) in [7, 11) is 0. The third-order valence-electron chi connectivity index (χ3n) is 5.71. The second kappa shape index (κ2) is 8.68. The van der Waals surface area contributed by atoms with Crippen LogP contribution in [0.2, 0.25) is 0 Å². The van der Waals surface area contributed by atoms with E-state index in [0.717, 1.165) is 27.6 Å². The predicted octanol–water partition coefficient (Wildman–Crippen LogP) is 5.97. The lowest BCUT2D eigenvalue weighted by Gasteiger charge is -2.40. The van der Waals surface area contributed by atoms with Gasteiger partial charge in [0.05, 0.1) is 15.5 Å². The molecule has 2 aromatic carbocycles. The lowest BCUT2D eigenvalue weighted by Crippen LogP contribution is -2.50. The van der Waals surface area contributed by atoms with Crippen LogP contribution >= 0.6 is 31.9 Å². The number of hydrogen-bond acceptors (Lipinski definition) is 3. The van der Waals surface area contributed by atoms with E-state index in [-0.39, 0.29) is 5.78 Å². The Balaban J connectivity index is 2.06. The Kier molecular flexibility index (Phi) is 6.68. The molecule has 0 N–H and O–H groups in total. The van der Waals surface area contributed by atoms with Gasteiger partial charge in [-0.1, -0.05) is 59.6 Å². The third kappa shape index (κ3) is 4.07. The predicted molar refractivity (Wildman–Crippen MR) is 122 cm³/mol. The highest BCUT2D eigenvalue weighted by molar-refractivity contribution is 9.11. The monoisotopic (exact) mass is 507 g/mol. The first-order valence-corrected chi connectivity index (χ1v) is 11.3. The number of rotatable bonds is 6. The van der Waals surface area contributed by atoms with Gasteiger partial charge in [0.15, 0.2) is 5.78 Å². The molecule has 150 valence electrons. The molecule has 0 bridgehead atoms. The van der Waals surface area contributed by atoms with Crippen LogP contribution in [0.3, 0.4) is 0 Å². The molecule has 3 nitrogen and oxygen atoms in total. The SMILES string of the molecule is CCN(CC)CC1(Cc2ccc(C)cc2)COc2c(cc(Br)c(C)c2Br)C1=O. The Hall–Kier alpha value is -1.17. The normalized spacial score (nSPS) is 18.9. The summed E-state index contributed by atoms with van der Waals surface area (Å²) in [4.78, 5) is 16.2. The highest BCUT2D eigenvalue weighted by atomic mass is 79.9. The molecule has 0 amide bonds. The molecule has 1 unspecified atom stereocenters. The van der Waals surface area contributed by atoms with Gasteiger partial charge in [0.1, 0.15) is 12.4 Å². The molecule has 0 spiro atoms. The van der Waals surface area contributed by atoms with Crippen molar-refractivity contribution in [1.82, 2.24) is 4.90 Å². The lowest BCUT2D eigenvalue weighted by molar-refractivity contribution is 0.0472. The number of ketones is 1. The van der Waals surface area contributed by atoms with Crippen molar-refractivity contribution in [3.8, 4) is 5.75 Å². The van der Waals surface area contributed by atoms with Crippen LogP contribution in [0.1, 0.15) is 40.9 Å². The van der Waals surface area contributed by atoms with E-state index in [2.05, 4.69) is 81.8 Å². The standard InChI is InChI=1S/C23H27Br2NO2/c1-5-26(6-2)13-23(12-17-9-7-15(3)8-10-17)14-28-21-18(22(23)27)11-19(24)16(4)20(21)25/h7-11H,5-6,12-14H2,1-4H3. The molecule has 0 aliphatic carbocycles. The van der Waals surface area contributed by atoms with E-state index in [1.807, 2.05) is 13.0 Å². The van der Waals surface area contributed by atoms with Gasteiger partial charge in [-0.3, -0.25) is 4.79 Å². The van der Waals surface area contributed by atoms with Gasteiger partial charge < -0.3 is 9.64 Å². The Morgan fingerprint density at radius 3 is 2.36 bits per heavy atom. The molecule has 1 aliphatic rings. The molecule has 5 heteroatoms. The van der Waals surface area contributed by atoms with Crippen molar-refractivity contribution in [2.24, 2.45) is 5.41 Å². The average Bonchev–Trinajstić information content (AvgIpc) is 2.69. The summed E-state index contributed by atoms with van der Waals surface area (Å²) < 4.78 is 8.03. The first kappa shape index (κ1) is 21.5. The highest BCUT2D eigenvalue weighted by Gasteiger charge is 2.46. The number of ether oxygens (including phenoxy) is 1. The maximum absolute atomic E-state index is 13.8. The summed E-state index contributed by atoms with van der Waals surface area (Å²) in [6.07, 6.45) is 0.672. The summed E-state index contributed by atoms with van der Waals surface area (Å²) in [6.45, 7) is 11.3. The van der Waals surface area contributed by atoms with E-state index < -0.39 is 5.41 Å². The Labute approximate surface area is 184 Å². The molecule has 0 saturated heterocycles. The van der Waals surface area contributed by atoms with Crippen molar-refractivity contribution in [2.45, 2.75) is 34.1 Å². The van der Waals surface area contributed by atoms with Crippen LogP contribution in [0.25, 0.3) is 0 Å². The first-order chi connectivity index (χ1) is 13.3. The van der Waals surface area contributed by atoms with Crippen molar-refractivity contribution in [1.29, 1.82) is 0 Å². The summed E-state index contributed by atoms with van der Waals surface area (Å²) in [5.41, 5.74) is 3.50. The van der Waals surface area contributed by atoms with E-state index in [0.29, 0.717) is 30.9 Å². The van der Waals surface area contributed by atoms with E-state index in [1.54, 1.807) is 0 Å². The number of fused-ring (bicyclic) bond motifs is 1. The minimum Gasteiger partial charge on any atom is -0.491 e. The summed E-state index contributed by atoms with van der Waals surface area (Å²) in [6, 6.07) is 10.4. The van der Waals surface area contributed by atoms with Gasteiger partial charge in [0, 0.05) is 11.0 Å². The summed E-state index contributed by atoms with van der Waals surface area (Å²) in [5, 5.41) is 0. The molecule has 1 atom stereocenters. The van der Waals surface area contributed by atoms with Crippen LogP contribution in [0.5, 0.6) is 5.75 Å². The van der Waals surface area contributed by atoms with Crippen molar-refractivity contribution in [3.05, 3.63) is 61.5 Å². The molecule has 0 aromatic heterocycles. The van der Waals surface area contributed by atoms with E-state index in [9.17, 15) is 4.79 Å². The molecule has 0 fully saturated rings. The fourth-order valence-electron chi connectivity index (χ4n) is 3.84. The lowest BCUT2D eigenvalue weighted by atomic mass is 9.73. The molecule has 2 aromatic rings. The molecule has 3 rings (SSSR count). The topological polar surface area (TPSA) is 29.5 Å². The van der Waals surface area contributed by atoms with Gasteiger partial charge in [0.2, 0.25) is 0 Å². The van der Waals surface area contributed by atoms with Crippen LogP contribution in [0.15, 0.2) is 39.3 Å². The van der Waals surface area contributed by atoms with Crippen LogP contribution in [0, 0.1) is 19.3 Å². The van der Waals surface area contributed by atoms with E-state index >= 15 is 0 Å². The summed E-state index contributed by atoms with van der Waals surface area (Å²) >= 11 is 7.21. The van der Waals surface area contributed by atoms with E-state index in [1.165, 1.54) is 11.1 Å². The van der Waals surface area contributed by atoms with Crippen LogP contribution in [-0.4, -0.2) is 36.9 Å². The zero-order valence-corrected chi connectivity index (χ0v) is 20.1. The van der Waals surface area contributed by atoms with Crippen LogP contribution in [0.4, 0.5) is 0 Å². The minimum absolute atomic E-state index is 0.169. The summed E-state index contributed by atoms with van der Waals surface area (Å²) in [5.74, 6) is 0.840. The van der Waals surface area contributed by atoms with Gasteiger partial charge in [0.25, 0.3) is 0 Å². The zero-order chi connectivity index (χ0) is 20.5. The average molecular weight is 509 g/mol. The third-order valence-corrected chi connectivity index (χ3v) is 7.48. The highest BCUT2D eigenvalue weighted by Crippen LogP contribution is 2.44. The maximum Gasteiger partial charge on any atom is 0.177 e. The quantitative estimate of drug-likeness (QED) is 0.481. The zero-order valence-electron chi connectivity index (χ0n) is 16.9. The number of hydrogen-bond donors (Lipinski definition) is 0. The van der Waals surface area contributed by atoms with Gasteiger partial charge in [-0.2, -0.15) is 0 Å². The fraction of sp³-hybridized carbons (Fsp3) is 0.435. The second-order valence-electron chi connectivity index (χ2n) is 7.70. The molecule has 0 radical (unpaired) electrons. The van der Waals surface area contributed by atoms with Crippen molar-refractivity contribution in [3.63, 3.8) is 0 Å².